The molecular formula is C10H14O3S. The first-order valence-corrected chi connectivity index (χ1v) is 5.32. The molecule has 0 fully saturated rings. The van der Waals surface area contributed by atoms with Crippen molar-refractivity contribution in [3.63, 3.8) is 0 Å². The van der Waals surface area contributed by atoms with Gasteiger partial charge in [-0.2, -0.15) is 0 Å². The first-order chi connectivity index (χ1) is 6.43. The number of aliphatic carboxylic acids is 1. The van der Waals surface area contributed by atoms with Crippen LogP contribution in [0, 0.1) is 6.92 Å². The van der Waals surface area contributed by atoms with E-state index in [4.69, 9.17) is 9.52 Å². The van der Waals surface area contributed by atoms with Crippen molar-refractivity contribution in [3.05, 3.63) is 23.7 Å². The van der Waals surface area contributed by atoms with Crippen molar-refractivity contribution in [3.8, 4) is 0 Å². The second-order valence-electron chi connectivity index (χ2n) is 3.63. The third-order valence-corrected chi connectivity index (χ3v) is 3.35. The summed E-state index contributed by atoms with van der Waals surface area (Å²) < 4.78 is 4.46. The lowest BCUT2D eigenvalue weighted by atomic mass is 10.2. The van der Waals surface area contributed by atoms with Crippen molar-refractivity contribution in [2.24, 2.45) is 0 Å². The molecule has 0 atom stereocenters. The Bertz CT molecular complexity index is 328. The lowest BCUT2D eigenvalue weighted by molar-refractivity contribution is -0.138. The summed E-state index contributed by atoms with van der Waals surface area (Å²) in [5.41, 5.74) is 1.07. The van der Waals surface area contributed by atoms with Gasteiger partial charge in [0.25, 0.3) is 0 Å². The molecule has 1 N–H and O–H groups in total. The van der Waals surface area contributed by atoms with Crippen molar-refractivity contribution >= 4 is 17.7 Å². The summed E-state index contributed by atoms with van der Waals surface area (Å²) in [4.78, 5) is 10.8. The summed E-state index contributed by atoms with van der Waals surface area (Å²) in [5, 5.41) is 8.89. The Morgan fingerprint density at radius 3 is 2.71 bits per heavy atom. The molecule has 0 aliphatic heterocycles. The first-order valence-electron chi connectivity index (χ1n) is 4.34. The zero-order valence-electron chi connectivity index (χ0n) is 8.53. The summed E-state index contributed by atoms with van der Waals surface area (Å²) >= 11 is 1.37. The van der Waals surface area contributed by atoms with Crippen LogP contribution in [0.4, 0.5) is 0 Å². The molecule has 0 saturated heterocycles. The molecule has 0 aliphatic rings. The topological polar surface area (TPSA) is 50.4 Å². The van der Waals surface area contributed by atoms with Crippen molar-refractivity contribution < 1.29 is 14.3 Å². The van der Waals surface area contributed by atoms with Gasteiger partial charge in [-0.05, 0) is 32.4 Å². The molecule has 78 valence electrons. The number of hydrogen-bond acceptors (Lipinski definition) is 3. The Morgan fingerprint density at radius 2 is 2.29 bits per heavy atom. The number of carboxylic acid groups (broad SMARTS) is 1. The molecule has 4 heteroatoms. The van der Waals surface area contributed by atoms with Gasteiger partial charge in [-0.15, -0.1) is 11.8 Å². The highest BCUT2D eigenvalue weighted by Crippen LogP contribution is 2.29. The Hall–Kier alpha value is -0.900. The zero-order valence-corrected chi connectivity index (χ0v) is 9.35. The van der Waals surface area contributed by atoms with Crippen LogP contribution in [0.2, 0.25) is 0 Å². The summed E-state index contributed by atoms with van der Waals surface area (Å²) in [7, 11) is 0. The Morgan fingerprint density at radius 1 is 1.64 bits per heavy atom. The largest absolute Gasteiger partial charge is 0.480 e. The third-order valence-electron chi connectivity index (χ3n) is 2.05. The second-order valence-corrected chi connectivity index (χ2v) is 5.23. The van der Waals surface area contributed by atoms with E-state index < -0.39 is 10.7 Å². The Balaban J connectivity index is 2.57. The molecule has 0 bridgehead atoms. The van der Waals surface area contributed by atoms with E-state index in [9.17, 15) is 4.79 Å². The summed E-state index contributed by atoms with van der Waals surface area (Å²) in [5.74, 6) is 0.647. The predicted molar refractivity (Wildman–Crippen MR) is 56.5 cm³/mol. The quantitative estimate of drug-likeness (QED) is 0.837. The fourth-order valence-corrected chi connectivity index (χ4v) is 1.77. The van der Waals surface area contributed by atoms with Crippen LogP contribution in [-0.4, -0.2) is 15.8 Å². The fourth-order valence-electron chi connectivity index (χ4n) is 0.860. The summed E-state index contributed by atoms with van der Waals surface area (Å²) in [6, 6.07) is 1.88. The lowest BCUT2D eigenvalue weighted by Gasteiger charge is -2.17. The first kappa shape index (κ1) is 11.2. The highest BCUT2D eigenvalue weighted by atomic mass is 32.2. The SMILES string of the molecule is Cc1ccoc1CSC(C)(C)C(=O)O. The van der Waals surface area contributed by atoms with E-state index in [1.54, 1.807) is 20.1 Å². The number of thioether (sulfide) groups is 1. The molecule has 0 radical (unpaired) electrons. The van der Waals surface area contributed by atoms with E-state index >= 15 is 0 Å². The number of furan rings is 1. The standard InChI is InChI=1S/C10H14O3S/c1-7-4-5-13-8(7)6-14-10(2,3)9(11)12/h4-5H,6H2,1-3H3,(H,11,12). The van der Waals surface area contributed by atoms with Crippen molar-refractivity contribution in [2.75, 3.05) is 0 Å². The highest BCUT2D eigenvalue weighted by Gasteiger charge is 2.28. The van der Waals surface area contributed by atoms with Crippen LogP contribution in [0.5, 0.6) is 0 Å². The minimum atomic E-state index is -0.799. The van der Waals surface area contributed by atoms with Gasteiger partial charge < -0.3 is 9.52 Å². The van der Waals surface area contributed by atoms with E-state index in [2.05, 4.69) is 0 Å². The molecular weight excluding hydrogens is 200 g/mol. The smallest absolute Gasteiger partial charge is 0.319 e. The average molecular weight is 214 g/mol. The molecule has 0 spiro atoms. The predicted octanol–water partition coefficient (Wildman–Crippen LogP) is 2.68. The van der Waals surface area contributed by atoms with Crippen LogP contribution in [0.1, 0.15) is 25.2 Å². The summed E-state index contributed by atoms with van der Waals surface area (Å²) in [6.07, 6.45) is 1.62. The molecule has 0 aromatic carbocycles. The molecule has 1 rings (SSSR count). The normalized spacial score (nSPS) is 11.6. The molecule has 14 heavy (non-hydrogen) atoms. The molecule has 0 unspecified atom stereocenters. The highest BCUT2D eigenvalue weighted by molar-refractivity contribution is 8.00. The van der Waals surface area contributed by atoms with E-state index in [1.807, 2.05) is 13.0 Å². The number of hydrogen-bond donors (Lipinski definition) is 1. The lowest BCUT2D eigenvalue weighted by Crippen LogP contribution is -2.27. The fraction of sp³-hybridized carbons (Fsp3) is 0.500. The maximum atomic E-state index is 10.8. The summed E-state index contributed by atoms with van der Waals surface area (Å²) in [6.45, 7) is 5.34. The van der Waals surface area contributed by atoms with Gasteiger partial charge in [0.2, 0.25) is 0 Å². The minimum Gasteiger partial charge on any atom is -0.480 e. The van der Waals surface area contributed by atoms with Gasteiger partial charge in [0.05, 0.1) is 12.0 Å². The average Bonchev–Trinajstić information content (AvgIpc) is 2.47. The Labute approximate surface area is 87.5 Å². The maximum Gasteiger partial charge on any atom is 0.319 e. The molecule has 0 aliphatic carbocycles. The van der Waals surface area contributed by atoms with Crippen molar-refractivity contribution in [1.29, 1.82) is 0 Å². The number of carboxylic acids is 1. The van der Waals surface area contributed by atoms with Crippen LogP contribution < -0.4 is 0 Å². The monoisotopic (exact) mass is 214 g/mol. The van der Waals surface area contributed by atoms with Gasteiger partial charge in [-0.1, -0.05) is 0 Å². The van der Waals surface area contributed by atoms with Crippen molar-refractivity contribution in [1.82, 2.24) is 0 Å². The molecule has 3 nitrogen and oxygen atoms in total. The van der Waals surface area contributed by atoms with E-state index in [0.29, 0.717) is 5.75 Å². The molecule has 1 aromatic rings. The van der Waals surface area contributed by atoms with Gasteiger partial charge in [0, 0.05) is 0 Å². The number of aryl methyl sites for hydroxylation is 1. The van der Waals surface area contributed by atoms with Crippen LogP contribution in [0.25, 0.3) is 0 Å². The maximum absolute atomic E-state index is 10.8. The van der Waals surface area contributed by atoms with Crippen LogP contribution in [0.3, 0.4) is 0 Å². The van der Waals surface area contributed by atoms with Gasteiger partial charge in [0.1, 0.15) is 10.5 Å². The molecule has 0 amide bonds. The van der Waals surface area contributed by atoms with Gasteiger partial charge >= 0.3 is 5.97 Å². The molecule has 1 heterocycles. The van der Waals surface area contributed by atoms with Crippen molar-refractivity contribution in [2.45, 2.75) is 31.3 Å². The molecule has 1 aromatic heterocycles. The molecule has 0 saturated carbocycles. The van der Waals surface area contributed by atoms with E-state index in [0.717, 1.165) is 11.3 Å². The van der Waals surface area contributed by atoms with E-state index in [-0.39, 0.29) is 0 Å². The van der Waals surface area contributed by atoms with Gasteiger partial charge in [0.15, 0.2) is 0 Å². The van der Waals surface area contributed by atoms with Crippen LogP contribution in [-0.2, 0) is 10.5 Å². The van der Waals surface area contributed by atoms with Gasteiger partial charge in [-0.3, -0.25) is 4.79 Å². The number of rotatable bonds is 4. The van der Waals surface area contributed by atoms with Crippen LogP contribution in [0.15, 0.2) is 16.7 Å². The van der Waals surface area contributed by atoms with Crippen LogP contribution >= 0.6 is 11.8 Å². The van der Waals surface area contributed by atoms with Gasteiger partial charge in [-0.25, -0.2) is 0 Å². The second kappa shape index (κ2) is 4.09. The third kappa shape index (κ3) is 2.54. The minimum absolute atomic E-state index is 0.595. The number of carbonyl (C=O) groups is 1. The Kier molecular flexibility index (Phi) is 3.26. The zero-order chi connectivity index (χ0) is 10.8. The van der Waals surface area contributed by atoms with E-state index in [1.165, 1.54) is 11.8 Å².